The summed E-state index contributed by atoms with van der Waals surface area (Å²) in [5.74, 6) is 1.48. The molecule has 0 radical (unpaired) electrons. The fourth-order valence-corrected chi connectivity index (χ4v) is 2.99. The second-order valence-electron chi connectivity index (χ2n) is 4.72. The lowest BCUT2D eigenvalue weighted by molar-refractivity contribution is 0.895. The molecule has 3 aromatic rings. The zero-order valence-electron chi connectivity index (χ0n) is 11.4. The van der Waals surface area contributed by atoms with E-state index in [9.17, 15) is 0 Å². The Balaban J connectivity index is 1.92. The lowest BCUT2D eigenvalue weighted by atomic mass is 10.2. The fourth-order valence-electron chi connectivity index (χ4n) is 2.15. The molecule has 102 valence electrons. The molecule has 0 aromatic carbocycles. The molecule has 0 amide bonds. The lowest BCUT2D eigenvalue weighted by Gasteiger charge is -2.18. The Morgan fingerprint density at radius 1 is 1.25 bits per heavy atom. The molecule has 0 spiro atoms. The number of nitrogens with two attached hydrogens (primary N) is 1. The van der Waals surface area contributed by atoms with Crippen LogP contribution in [0.5, 0.6) is 0 Å². The minimum atomic E-state index is 0.536. The number of anilines is 2. The van der Waals surface area contributed by atoms with E-state index in [2.05, 4.69) is 32.8 Å². The number of hydrogen-bond donors (Lipinski definition) is 1. The molecule has 3 heterocycles. The number of rotatable bonds is 3. The van der Waals surface area contributed by atoms with E-state index in [1.807, 2.05) is 19.2 Å². The standard InChI is InChI=1S/C14H15N5S/c1-9-5-11-13(17-8-18-14(11)20-9)19(2)7-10-3-4-12(15)16-6-10/h3-6,8H,7H2,1-2H3,(H2,15,16). The summed E-state index contributed by atoms with van der Waals surface area (Å²) in [7, 11) is 2.02. The highest BCUT2D eigenvalue weighted by Crippen LogP contribution is 2.29. The number of thiophene rings is 1. The number of aromatic nitrogens is 3. The van der Waals surface area contributed by atoms with Crippen LogP contribution in [0.15, 0.2) is 30.7 Å². The Hall–Kier alpha value is -2.21. The maximum Gasteiger partial charge on any atom is 0.140 e. The van der Waals surface area contributed by atoms with Crippen LogP contribution in [0.4, 0.5) is 11.6 Å². The Morgan fingerprint density at radius 3 is 2.85 bits per heavy atom. The van der Waals surface area contributed by atoms with Crippen molar-refractivity contribution < 1.29 is 0 Å². The van der Waals surface area contributed by atoms with Crippen LogP contribution in [0.25, 0.3) is 10.2 Å². The van der Waals surface area contributed by atoms with Crippen molar-refractivity contribution >= 4 is 33.2 Å². The summed E-state index contributed by atoms with van der Waals surface area (Å²) >= 11 is 1.69. The molecule has 0 fully saturated rings. The minimum absolute atomic E-state index is 0.536. The smallest absolute Gasteiger partial charge is 0.140 e. The largest absolute Gasteiger partial charge is 0.384 e. The second kappa shape index (κ2) is 5.05. The predicted molar refractivity (Wildman–Crippen MR) is 82.9 cm³/mol. The topological polar surface area (TPSA) is 67.9 Å². The predicted octanol–water partition coefficient (Wildman–Crippen LogP) is 2.61. The van der Waals surface area contributed by atoms with E-state index >= 15 is 0 Å². The van der Waals surface area contributed by atoms with Crippen LogP contribution >= 0.6 is 11.3 Å². The van der Waals surface area contributed by atoms with Gasteiger partial charge >= 0.3 is 0 Å². The van der Waals surface area contributed by atoms with Gasteiger partial charge in [0.2, 0.25) is 0 Å². The maximum absolute atomic E-state index is 5.60. The normalized spacial score (nSPS) is 10.9. The Labute approximate surface area is 121 Å². The van der Waals surface area contributed by atoms with Crippen molar-refractivity contribution in [2.45, 2.75) is 13.5 Å². The van der Waals surface area contributed by atoms with Crippen LogP contribution in [0.2, 0.25) is 0 Å². The lowest BCUT2D eigenvalue weighted by Crippen LogP contribution is -2.18. The molecule has 0 saturated carbocycles. The van der Waals surface area contributed by atoms with Gasteiger partial charge in [-0.25, -0.2) is 15.0 Å². The first-order chi connectivity index (χ1) is 9.63. The third-order valence-electron chi connectivity index (χ3n) is 3.06. The molecule has 6 heteroatoms. The zero-order chi connectivity index (χ0) is 14.1. The maximum atomic E-state index is 5.60. The van der Waals surface area contributed by atoms with E-state index in [1.165, 1.54) is 4.88 Å². The Morgan fingerprint density at radius 2 is 2.10 bits per heavy atom. The van der Waals surface area contributed by atoms with Crippen LogP contribution in [0.1, 0.15) is 10.4 Å². The number of pyridine rings is 1. The van der Waals surface area contributed by atoms with Crippen molar-refractivity contribution in [2.24, 2.45) is 0 Å². The van der Waals surface area contributed by atoms with Gasteiger partial charge in [0.15, 0.2) is 0 Å². The Bertz CT molecular complexity index is 735. The van der Waals surface area contributed by atoms with Gasteiger partial charge in [0.05, 0.1) is 5.39 Å². The summed E-state index contributed by atoms with van der Waals surface area (Å²) in [4.78, 5) is 17.2. The number of hydrogen-bond acceptors (Lipinski definition) is 6. The second-order valence-corrected chi connectivity index (χ2v) is 5.96. The number of fused-ring (bicyclic) bond motifs is 1. The van der Waals surface area contributed by atoms with E-state index in [4.69, 9.17) is 5.73 Å². The van der Waals surface area contributed by atoms with Gasteiger partial charge in [-0.1, -0.05) is 6.07 Å². The summed E-state index contributed by atoms with van der Waals surface area (Å²) in [5, 5.41) is 1.10. The van der Waals surface area contributed by atoms with Crippen LogP contribution in [-0.2, 0) is 6.54 Å². The molecule has 20 heavy (non-hydrogen) atoms. The first-order valence-corrected chi connectivity index (χ1v) is 7.08. The van der Waals surface area contributed by atoms with Crippen LogP contribution in [-0.4, -0.2) is 22.0 Å². The summed E-state index contributed by atoms with van der Waals surface area (Å²) in [6.07, 6.45) is 3.41. The average Bonchev–Trinajstić information content (AvgIpc) is 2.81. The van der Waals surface area contributed by atoms with E-state index in [0.717, 1.165) is 28.1 Å². The highest BCUT2D eigenvalue weighted by atomic mass is 32.1. The van der Waals surface area contributed by atoms with E-state index in [-0.39, 0.29) is 0 Å². The van der Waals surface area contributed by atoms with Crippen molar-refractivity contribution in [1.82, 2.24) is 15.0 Å². The molecule has 3 rings (SSSR count). The van der Waals surface area contributed by atoms with Crippen LogP contribution in [0, 0.1) is 6.92 Å². The van der Waals surface area contributed by atoms with Crippen LogP contribution in [0.3, 0.4) is 0 Å². The fraction of sp³-hybridized carbons (Fsp3) is 0.214. The molecule has 2 N–H and O–H groups in total. The van der Waals surface area contributed by atoms with Gasteiger partial charge in [-0.3, -0.25) is 0 Å². The summed E-state index contributed by atoms with van der Waals surface area (Å²) in [5.41, 5.74) is 6.70. The third-order valence-corrected chi connectivity index (χ3v) is 4.02. The first kappa shape index (κ1) is 12.8. The van der Waals surface area contributed by atoms with Crippen molar-refractivity contribution in [3.05, 3.63) is 41.2 Å². The highest BCUT2D eigenvalue weighted by molar-refractivity contribution is 7.18. The summed E-state index contributed by atoms with van der Waals surface area (Å²) < 4.78 is 0. The molecule has 0 atom stereocenters. The van der Waals surface area contributed by atoms with Crippen molar-refractivity contribution in [3.63, 3.8) is 0 Å². The van der Waals surface area contributed by atoms with Gasteiger partial charge in [-0.15, -0.1) is 11.3 Å². The van der Waals surface area contributed by atoms with Gasteiger partial charge in [-0.2, -0.15) is 0 Å². The highest BCUT2D eigenvalue weighted by Gasteiger charge is 2.11. The molecule has 0 unspecified atom stereocenters. The first-order valence-electron chi connectivity index (χ1n) is 6.26. The third kappa shape index (κ3) is 2.42. The van der Waals surface area contributed by atoms with Crippen molar-refractivity contribution in [2.75, 3.05) is 17.7 Å². The monoisotopic (exact) mass is 285 g/mol. The van der Waals surface area contributed by atoms with Crippen molar-refractivity contribution in [1.29, 1.82) is 0 Å². The Kier molecular flexibility index (Phi) is 3.23. The zero-order valence-corrected chi connectivity index (χ0v) is 12.2. The molecule has 3 aromatic heterocycles. The molecule has 0 aliphatic heterocycles. The molecular formula is C14H15N5S. The van der Waals surface area contributed by atoms with Gasteiger partial charge < -0.3 is 10.6 Å². The molecular weight excluding hydrogens is 270 g/mol. The molecule has 0 aliphatic rings. The molecule has 0 aliphatic carbocycles. The molecule has 0 saturated heterocycles. The molecule has 0 bridgehead atoms. The van der Waals surface area contributed by atoms with Gasteiger partial charge in [0.1, 0.15) is 22.8 Å². The van der Waals surface area contributed by atoms with Crippen LogP contribution < -0.4 is 10.6 Å². The summed E-state index contributed by atoms with van der Waals surface area (Å²) in [6, 6.07) is 5.93. The molecule has 5 nitrogen and oxygen atoms in total. The van der Waals surface area contributed by atoms with E-state index in [1.54, 1.807) is 23.9 Å². The van der Waals surface area contributed by atoms with Crippen molar-refractivity contribution in [3.8, 4) is 0 Å². The van der Waals surface area contributed by atoms with Gasteiger partial charge in [0.25, 0.3) is 0 Å². The number of nitrogen functional groups attached to an aromatic ring is 1. The average molecular weight is 285 g/mol. The van der Waals surface area contributed by atoms with Gasteiger partial charge in [-0.05, 0) is 24.6 Å². The summed E-state index contributed by atoms with van der Waals surface area (Å²) in [6.45, 7) is 2.81. The van der Waals surface area contributed by atoms with E-state index < -0.39 is 0 Å². The van der Waals surface area contributed by atoms with E-state index in [0.29, 0.717) is 5.82 Å². The quantitative estimate of drug-likeness (QED) is 0.801. The number of aryl methyl sites for hydroxylation is 1. The SMILES string of the molecule is Cc1cc2c(N(C)Cc3ccc(N)nc3)ncnc2s1. The minimum Gasteiger partial charge on any atom is -0.384 e. The number of nitrogens with zero attached hydrogens (tertiary/aromatic N) is 4. The van der Waals surface area contributed by atoms with Gasteiger partial charge in [0, 0.05) is 24.7 Å².